The van der Waals surface area contributed by atoms with Crippen molar-refractivity contribution in [2.24, 2.45) is 11.8 Å². The van der Waals surface area contributed by atoms with Gasteiger partial charge in [-0.2, -0.15) is 0 Å². The van der Waals surface area contributed by atoms with Gasteiger partial charge in [0.1, 0.15) is 0 Å². The Balaban J connectivity index is 1.78. The third-order valence-corrected chi connectivity index (χ3v) is 5.86. The van der Waals surface area contributed by atoms with Crippen molar-refractivity contribution in [2.75, 3.05) is 6.54 Å². The van der Waals surface area contributed by atoms with Gasteiger partial charge < -0.3 is 5.32 Å². The summed E-state index contributed by atoms with van der Waals surface area (Å²) >= 11 is 12.7. The minimum absolute atomic E-state index is 0.557. The molecule has 0 aromatic heterocycles. The molecule has 2 aliphatic carbocycles. The van der Waals surface area contributed by atoms with E-state index < -0.39 is 0 Å². The molecule has 3 unspecified atom stereocenters. The van der Waals surface area contributed by atoms with Gasteiger partial charge in [-0.05, 0) is 73.7 Å². The number of hydrogen-bond donors (Lipinski definition) is 1. The Labute approximate surface area is 138 Å². The van der Waals surface area contributed by atoms with E-state index in [2.05, 4.69) is 18.3 Å². The third-order valence-electron chi connectivity index (χ3n) is 5.28. The third kappa shape index (κ3) is 3.94. The second-order valence-corrected chi connectivity index (χ2v) is 7.65. The maximum atomic E-state index is 6.48. The van der Waals surface area contributed by atoms with Crippen LogP contribution in [0.5, 0.6) is 0 Å². The van der Waals surface area contributed by atoms with Crippen molar-refractivity contribution in [2.45, 2.75) is 57.4 Å². The maximum Gasteiger partial charge on any atom is 0.0441 e. The molecule has 2 aliphatic rings. The van der Waals surface area contributed by atoms with Crippen LogP contribution in [0.3, 0.4) is 0 Å². The minimum Gasteiger partial charge on any atom is -0.314 e. The summed E-state index contributed by atoms with van der Waals surface area (Å²) in [6.45, 7) is 3.44. The Morgan fingerprint density at radius 3 is 2.67 bits per heavy atom. The van der Waals surface area contributed by atoms with Crippen LogP contribution >= 0.6 is 23.2 Å². The first-order valence-corrected chi connectivity index (χ1v) is 9.11. The molecule has 3 rings (SSSR count). The van der Waals surface area contributed by atoms with E-state index in [1.807, 2.05) is 12.1 Å². The van der Waals surface area contributed by atoms with Gasteiger partial charge >= 0.3 is 0 Å². The highest BCUT2D eigenvalue weighted by molar-refractivity contribution is 6.33. The lowest BCUT2D eigenvalue weighted by Gasteiger charge is -2.37. The molecule has 0 bridgehead atoms. The number of nitrogens with one attached hydrogen (secondary N) is 1. The van der Waals surface area contributed by atoms with Gasteiger partial charge in [0.05, 0.1) is 0 Å². The largest absolute Gasteiger partial charge is 0.314 e. The second-order valence-electron chi connectivity index (χ2n) is 6.80. The summed E-state index contributed by atoms with van der Waals surface area (Å²) in [4.78, 5) is 0. The van der Waals surface area contributed by atoms with Gasteiger partial charge in [-0.1, -0.05) is 43.0 Å². The molecule has 2 saturated carbocycles. The summed E-state index contributed by atoms with van der Waals surface area (Å²) < 4.78 is 0. The van der Waals surface area contributed by atoms with Crippen LogP contribution in [-0.2, 0) is 0 Å². The first-order chi connectivity index (χ1) is 10.2. The van der Waals surface area contributed by atoms with Crippen molar-refractivity contribution in [1.29, 1.82) is 0 Å². The molecule has 0 heterocycles. The minimum atomic E-state index is 0.557. The smallest absolute Gasteiger partial charge is 0.0441 e. The molecule has 2 fully saturated rings. The van der Waals surface area contributed by atoms with Crippen LogP contribution in [0.15, 0.2) is 18.2 Å². The monoisotopic (exact) mass is 325 g/mol. The van der Waals surface area contributed by atoms with E-state index in [0.29, 0.717) is 11.8 Å². The van der Waals surface area contributed by atoms with Crippen molar-refractivity contribution < 1.29 is 0 Å². The number of rotatable bonds is 5. The van der Waals surface area contributed by atoms with E-state index in [4.69, 9.17) is 23.2 Å². The van der Waals surface area contributed by atoms with E-state index >= 15 is 0 Å². The summed E-state index contributed by atoms with van der Waals surface area (Å²) in [6, 6.07) is 6.73. The highest BCUT2D eigenvalue weighted by atomic mass is 35.5. The summed E-state index contributed by atoms with van der Waals surface area (Å²) in [5.74, 6) is 2.09. The Morgan fingerprint density at radius 2 is 1.95 bits per heavy atom. The molecule has 1 aromatic rings. The molecule has 21 heavy (non-hydrogen) atoms. The first-order valence-electron chi connectivity index (χ1n) is 8.35. The molecular formula is C18H25Cl2N. The number of hydrogen-bond acceptors (Lipinski definition) is 1. The van der Waals surface area contributed by atoms with Gasteiger partial charge in [-0.3, -0.25) is 0 Å². The average Bonchev–Trinajstić information content (AvgIpc) is 3.32. The van der Waals surface area contributed by atoms with Crippen LogP contribution in [0.2, 0.25) is 10.0 Å². The molecule has 1 N–H and O–H groups in total. The molecule has 3 atom stereocenters. The molecule has 0 saturated heterocycles. The lowest BCUT2D eigenvalue weighted by atomic mass is 9.70. The molecule has 0 amide bonds. The molecular weight excluding hydrogens is 301 g/mol. The molecule has 1 nitrogen and oxygen atoms in total. The SMILES string of the molecule is CCC1CCC(CNC2CC2)C(c2cc(Cl)ccc2Cl)C1. The molecule has 0 spiro atoms. The predicted molar refractivity (Wildman–Crippen MR) is 91.3 cm³/mol. The van der Waals surface area contributed by atoms with E-state index in [9.17, 15) is 0 Å². The molecule has 3 heteroatoms. The summed E-state index contributed by atoms with van der Waals surface area (Å²) in [7, 11) is 0. The zero-order chi connectivity index (χ0) is 14.8. The van der Waals surface area contributed by atoms with Crippen LogP contribution in [0, 0.1) is 11.8 Å². The van der Waals surface area contributed by atoms with Crippen LogP contribution in [0.25, 0.3) is 0 Å². The Hall–Kier alpha value is -0.240. The standard InChI is InChI=1S/C18H25Cl2N/c1-2-12-3-4-13(11-21-15-6-7-15)16(9-12)17-10-14(19)5-8-18(17)20/h5,8,10,12-13,15-16,21H,2-4,6-7,9,11H2,1H3. The van der Waals surface area contributed by atoms with Gasteiger partial charge in [0, 0.05) is 16.1 Å². The summed E-state index contributed by atoms with van der Waals surface area (Å²) in [5.41, 5.74) is 1.27. The van der Waals surface area contributed by atoms with E-state index in [1.54, 1.807) is 0 Å². The zero-order valence-corrected chi connectivity index (χ0v) is 14.3. The fourth-order valence-corrected chi connectivity index (χ4v) is 4.16. The van der Waals surface area contributed by atoms with Gasteiger partial charge in [-0.25, -0.2) is 0 Å². The summed E-state index contributed by atoms with van der Waals surface area (Å²) in [6.07, 6.45) is 7.92. The van der Waals surface area contributed by atoms with Crippen molar-refractivity contribution in [1.82, 2.24) is 5.32 Å². The van der Waals surface area contributed by atoms with Crippen molar-refractivity contribution >= 4 is 23.2 Å². The number of benzene rings is 1. The highest BCUT2D eigenvalue weighted by Crippen LogP contribution is 2.44. The van der Waals surface area contributed by atoms with E-state index in [-0.39, 0.29) is 0 Å². The van der Waals surface area contributed by atoms with Crippen molar-refractivity contribution in [3.63, 3.8) is 0 Å². The Morgan fingerprint density at radius 1 is 1.14 bits per heavy atom. The molecule has 0 radical (unpaired) electrons. The zero-order valence-electron chi connectivity index (χ0n) is 12.7. The van der Waals surface area contributed by atoms with Gasteiger partial charge in [0.2, 0.25) is 0 Å². The quantitative estimate of drug-likeness (QED) is 0.736. The molecule has 0 aliphatic heterocycles. The van der Waals surface area contributed by atoms with E-state index in [1.165, 1.54) is 44.1 Å². The van der Waals surface area contributed by atoms with Gasteiger partial charge in [0.25, 0.3) is 0 Å². The van der Waals surface area contributed by atoms with Crippen molar-refractivity contribution in [3.8, 4) is 0 Å². The maximum absolute atomic E-state index is 6.48. The highest BCUT2D eigenvalue weighted by Gasteiger charge is 2.33. The fraction of sp³-hybridized carbons (Fsp3) is 0.667. The molecule has 116 valence electrons. The predicted octanol–water partition coefficient (Wildman–Crippen LogP) is 5.66. The van der Waals surface area contributed by atoms with Gasteiger partial charge in [-0.15, -0.1) is 0 Å². The Kier molecular flexibility index (Phi) is 5.14. The Bertz CT molecular complexity index is 484. The molecule has 1 aromatic carbocycles. The topological polar surface area (TPSA) is 12.0 Å². The fourth-order valence-electron chi connectivity index (χ4n) is 3.72. The van der Waals surface area contributed by atoms with E-state index in [0.717, 1.165) is 28.5 Å². The summed E-state index contributed by atoms with van der Waals surface area (Å²) in [5, 5.41) is 5.41. The number of halogens is 2. The second kappa shape index (κ2) is 6.89. The van der Waals surface area contributed by atoms with Crippen molar-refractivity contribution in [3.05, 3.63) is 33.8 Å². The van der Waals surface area contributed by atoms with Crippen LogP contribution in [0.1, 0.15) is 56.9 Å². The lowest BCUT2D eigenvalue weighted by Crippen LogP contribution is -2.33. The lowest BCUT2D eigenvalue weighted by molar-refractivity contribution is 0.225. The first kappa shape index (κ1) is 15.6. The van der Waals surface area contributed by atoms with Crippen LogP contribution in [-0.4, -0.2) is 12.6 Å². The van der Waals surface area contributed by atoms with Crippen LogP contribution < -0.4 is 5.32 Å². The normalized spacial score (nSPS) is 29.6. The van der Waals surface area contributed by atoms with Gasteiger partial charge in [0.15, 0.2) is 0 Å². The van der Waals surface area contributed by atoms with Crippen LogP contribution in [0.4, 0.5) is 0 Å². The average molecular weight is 326 g/mol.